The van der Waals surface area contributed by atoms with Crippen LogP contribution in [0.25, 0.3) is 0 Å². The monoisotopic (exact) mass is 281 g/mol. The Labute approximate surface area is 103 Å². The van der Waals surface area contributed by atoms with Crippen molar-refractivity contribution >= 4 is 27.6 Å². The zero-order valence-corrected chi connectivity index (χ0v) is 10.3. The number of hydrogen-bond donors (Lipinski definition) is 1. The van der Waals surface area contributed by atoms with Gasteiger partial charge < -0.3 is 10.0 Å². The summed E-state index contributed by atoms with van der Waals surface area (Å²) in [6.45, 7) is 1.85. The number of rotatable bonds is 2. The van der Waals surface area contributed by atoms with E-state index in [2.05, 4.69) is 33.0 Å². The van der Waals surface area contributed by atoms with E-state index < -0.39 is 5.97 Å². The summed E-state index contributed by atoms with van der Waals surface area (Å²) >= 11 is 3.42. The lowest BCUT2D eigenvalue weighted by Gasteiger charge is -2.26. The van der Waals surface area contributed by atoms with Gasteiger partial charge in [0.05, 0.1) is 11.3 Å². The van der Waals surface area contributed by atoms with Crippen LogP contribution in [0.3, 0.4) is 0 Å². The zero-order chi connectivity index (χ0) is 11.5. The summed E-state index contributed by atoms with van der Waals surface area (Å²) in [5.74, 6) is -0.897. The van der Waals surface area contributed by atoms with E-state index in [1.54, 1.807) is 12.1 Å². The van der Waals surface area contributed by atoms with Crippen LogP contribution < -0.4 is 4.90 Å². The molecule has 16 heavy (non-hydrogen) atoms. The molecule has 2 rings (SSSR count). The topological polar surface area (TPSA) is 40.5 Å². The van der Waals surface area contributed by atoms with Crippen LogP contribution in [0.1, 0.15) is 16.8 Å². The van der Waals surface area contributed by atoms with Gasteiger partial charge in [0.1, 0.15) is 0 Å². The van der Waals surface area contributed by atoms with Gasteiger partial charge in [-0.25, -0.2) is 4.79 Å². The molecule has 0 fully saturated rings. The quantitative estimate of drug-likeness (QED) is 0.848. The first-order chi connectivity index (χ1) is 7.68. The Hall–Kier alpha value is -1.29. The number of halogens is 1. The lowest BCUT2D eigenvalue weighted by Crippen LogP contribution is -2.27. The third-order valence-electron chi connectivity index (χ3n) is 2.59. The number of carboxylic acid groups (broad SMARTS) is 1. The third-order valence-corrected chi connectivity index (χ3v) is 3.23. The number of benzene rings is 1. The molecule has 0 saturated carbocycles. The molecule has 3 nitrogen and oxygen atoms in total. The molecule has 1 aromatic carbocycles. The van der Waals surface area contributed by atoms with E-state index in [1.165, 1.54) is 0 Å². The van der Waals surface area contributed by atoms with Crippen molar-refractivity contribution in [1.82, 2.24) is 0 Å². The van der Waals surface area contributed by atoms with Gasteiger partial charge in [0, 0.05) is 17.6 Å². The maximum atomic E-state index is 10.8. The zero-order valence-electron chi connectivity index (χ0n) is 8.69. The molecule has 0 unspecified atom stereocenters. The van der Waals surface area contributed by atoms with Crippen LogP contribution >= 0.6 is 15.9 Å². The van der Waals surface area contributed by atoms with Crippen molar-refractivity contribution in [3.8, 4) is 0 Å². The van der Waals surface area contributed by atoms with Crippen molar-refractivity contribution in [2.75, 3.05) is 18.0 Å². The Balaban J connectivity index is 2.28. The van der Waals surface area contributed by atoms with Crippen molar-refractivity contribution in [1.29, 1.82) is 0 Å². The van der Waals surface area contributed by atoms with E-state index in [4.69, 9.17) is 5.11 Å². The number of carboxylic acids is 1. The predicted molar refractivity (Wildman–Crippen MR) is 67.1 cm³/mol. The highest BCUT2D eigenvalue weighted by Gasteiger charge is 2.12. The molecular formula is C12H12BrNO2. The molecule has 0 saturated heterocycles. The van der Waals surface area contributed by atoms with Gasteiger partial charge in [0.25, 0.3) is 0 Å². The summed E-state index contributed by atoms with van der Waals surface area (Å²) < 4.78 is 0.836. The molecule has 1 aliphatic rings. The van der Waals surface area contributed by atoms with Crippen LogP contribution in [0.2, 0.25) is 0 Å². The first-order valence-electron chi connectivity index (χ1n) is 5.11. The highest BCUT2D eigenvalue weighted by Crippen LogP contribution is 2.28. The molecule has 1 heterocycles. The second-order valence-corrected chi connectivity index (χ2v) is 4.53. The van der Waals surface area contributed by atoms with Crippen LogP contribution in [0.15, 0.2) is 34.8 Å². The lowest BCUT2D eigenvalue weighted by molar-refractivity contribution is 0.0697. The summed E-state index contributed by atoms with van der Waals surface area (Å²) in [6, 6.07) is 5.14. The van der Waals surface area contributed by atoms with E-state index in [1.807, 2.05) is 6.07 Å². The summed E-state index contributed by atoms with van der Waals surface area (Å²) in [5, 5.41) is 8.86. The maximum Gasteiger partial charge on any atom is 0.335 e. The second-order valence-electron chi connectivity index (χ2n) is 3.68. The van der Waals surface area contributed by atoms with Crippen molar-refractivity contribution in [2.24, 2.45) is 0 Å². The smallest absolute Gasteiger partial charge is 0.335 e. The Morgan fingerprint density at radius 1 is 1.38 bits per heavy atom. The molecule has 1 N–H and O–H groups in total. The highest BCUT2D eigenvalue weighted by atomic mass is 79.9. The molecule has 0 aliphatic carbocycles. The lowest BCUT2D eigenvalue weighted by atomic mass is 10.1. The van der Waals surface area contributed by atoms with E-state index in [-0.39, 0.29) is 0 Å². The number of nitrogens with zero attached hydrogens (tertiary/aromatic N) is 1. The fourth-order valence-electron chi connectivity index (χ4n) is 1.76. The van der Waals surface area contributed by atoms with Crippen LogP contribution in [0.5, 0.6) is 0 Å². The average molecular weight is 282 g/mol. The Morgan fingerprint density at radius 2 is 2.19 bits per heavy atom. The fourth-order valence-corrected chi connectivity index (χ4v) is 2.39. The van der Waals surface area contributed by atoms with E-state index in [0.717, 1.165) is 29.7 Å². The van der Waals surface area contributed by atoms with Gasteiger partial charge in [-0.2, -0.15) is 0 Å². The molecule has 4 heteroatoms. The summed E-state index contributed by atoms with van der Waals surface area (Å²) in [4.78, 5) is 13.0. The molecule has 0 atom stereocenters. The van der Waals surface area contributed by atoms with E-state index in [9.17, 15) is 4.79 Å². The van der Waals surface area contributed by atoms with Gasteiger partial charge in [-0.3, -0.25) is 0 Å². The van der Waals surface area contributed by atoms with Crippen molar-refractivity contribution < 1.29 is 9.90 Å². The molecule has 0 bridgehead atoms. The first kappa shape index (κ1) is 11.2. The largest absolute Gasteiger partial charge is 0.478 e. The minimum Gasteiger partial charge on any atom is -0.478 e. The van der Waals surface area contributed by atoms with Crippen LogP contribution in [-0.4, -0.2) is 24.2 Å². The maximum absolute atomic E-state index is 10.8. The fraction of sp³-hybridized carbons (Fsp3) is 0.250. The van der Waals surface area contributed by atoms with Crippen molar-refractivity contribution in [3.63, 3.8) is 0 Å². The number of hydrogen-bond acceptors (Lipinski definition) is 2. The van der Waals surface area contributed by atoms with Crippen molar-refractivity contribution in [3.05, 3.63) is 40.4 Å². The Morgan fingerprint density at radius 3 is 2.75 bits per heavy atom. The van der Waals surface area contributed by atoms with Gasteiger partial charge >= 0.3 is 5.97 Å². The Kier molecular flexibility index (Phi) is 3.29. The van der Waals surface area contributed by atoms with E-state index in [0.29, 0.717) is 5.56 Å². The first-order valence-corrected chi connectivity index (χ1v) is 5.90. The average Bonchev–Trinajstić information content (AvgIpc) is 2.30. The number of aromatic carboxylic acids is 1. The van der Waals surface area contributed by atoms with Crippen molar-refractivity contribution in [2.45, 2.75) is 6.42 Å². The van der Waals surface area contributed by atoms with E-state index >= 15 is 0 Å². The molecule has 0 aromatic heterocycles. The van der Waals surface area contributed by atoms with Crippen LogP contribution in [0, 0.1) is 0 Å². The van der Waals surface area contributed by atoms with Crippen LogP contribution in [-0.2, 0) is 0 Å². The van der Waals surface area contributed by atoms with Gasteiger partial charge in [0.2, 0.25) is 0 Å². The van der Waals surface area contributed by atoms with Crippen LogP contribution in [0.4, 0.5) is 5.69 Å². The molecule has 1 aliphatic heterocycles. The predicted octanol–water partition coefficient (Wildman–Crippen LogP) is 2.91. The second kappa shape index (κ2) is 4.70. The summed E-state index contributed by atoms with van der Waals surface area (Å²) in [5.41, 5.74) is 1.36. The van der Waals surface area contributed by atoms with Gasteiger partial charge in [0.15, 0.2) is 0 Å². The number of carbonyl (C=O) groups is 1. The molecule has 84 valence electrons. The molecule has 0 radical (unpaired) electrons. The highest BCUT2D eigenvalue weighted by molar-refractivity contribution is 9.10. The van der Waals surface area contributed by atoms with Gasteiger partial charge in [-0.1, -0.05) is 12.2 Å². The summed E-state index contributed by atoms with van der Waals surface area (Å²) in [7, 11) is 0. The third kappa shape index (κ3) is 2.27. The molecule has 1 aromatic rings. The van der Waals surface area contributed by atoms with Gasteiger partial charge in [-0.15, -0.1) is 0 Å². The molecular weight excluding hydrogens is 270 g/mol. The SMILES string of the molecule is O=C(O)c1ccc(N2CC=CCC2)c(Br)c1. The standard InChI is InChI=1S/C12H12BrNO2/c13-10-8-9(12(15)16)4-5-11(10)14-6-2-1-3-7-14/h1-2,4-5,8H,3,6-7H2,(H,15,16). The molecule has 0 amide bonds. The Bertz CT molecular complexity index is 443. The van der Waals surface area contributed by atoms with Gasteiger partial charge in [-0.05, 0) is 40.5 Å². The number of anilines is 1. The summed E-state index contributed by atoms with van der Waals surface area (Å²) in [6.07, 6.45) is 5.32. The minimum absolute atomic E-state index is 0.308. The molecule has 0 spiro atoms. The normalized spacial score (nSPS) is 15.2. The minimum atomic E-state index is -0.897.